The summed E-state index contributed by atoms with van der Waals surface area (Å²) in [5, 5.41) is 10.2. The van der Waals surface area contributed by atoms with Crippen molar-refractivity contribution in [2.24, 2.45) is 0 Å². The first-order valence-corrected chi connectivity index (χ1v) is 6.15. The van der Waals surface area contributed by atoms with E-state index >= 15 is 0 Å². The van der Waals surface area contributed by atoms with Gasteiger partial charge in [-0.05, 0) is 37.3 Å². The molecule has 5 nitrogen and oxygen atoms in total. The van der Waals surface area contributed by atoms with Gasteiger partial charge < -0.3 is 10.2 Å². The number of aromatic nitrogens is 2. The van der Waals surface area contributed by atoms with Crippen LogP contribution < -0.4 is 5.32 Å². The van der Waals surface area contributed by atoms with E-state index in [1.54, 1.807) is 25.2 Å². The first kappa shape index (κ1) is 13.1. The second-order valence-corrected chi connectivity index (χ2v) is 4.65. The minimum Gasteiger partial charge on any atom is -0.377 e. The second-order valence-electron chi connectivity index (χ2n) is 4.65. The predicted octanol–water partition coefficient (Wildman–Crippen LogP) is 2.28. The van der Waals surface area contributed by atoms with Gasteiger partial charge in [-0.2, -0.15) is 5.10 Å². The van der Waals surface area contributed by atoms with Crippen molar-refractivity contribution in [1.82, 2.24) is 15.1 Å². The summed E-state index contributed by atoms with van der Waals surface area (Å²) in [4.78, 5) is 13.3. The molecule has 1 aromatic carbocycles. The Morgan fingerprint density at radius 3 is 2.47 bits per heavy atom. The number of carbonyl (C=O) groups excluding carboxylic acids is 1. The molecule has 0 fully saturated rings. The zero-order chi connectivity index (χ0) is 13.8. The van der Waals surface area contributed by atoms with Crippen molar-refractivity contribution >= 4 is 11.6 Å². The number of hydrogen-bond acceptors (Lipinski definition) is 3. The summed E-state index contributed by atoms with van der Waals surface area (Å²) < 4.78 is 0. The van der Waals surface area contributed by atoms with Gasteiger partial charge in [0.05, 0.1) is 11.7 Å². The number of benzene rings is 1. The topological polar surface area (TPSA) is 61.0 Å². The molecule has 0 aliphatic heterocycles. The molecule has 0 spiro atoms. The van der Waals surface area contributed by atoms with Gasteiger partial charge in [0.1, 0.15) is 0 Å². The Morgan fingerprint density at radius 2 is 1.95 bits per heavy atom. The van der Waals surface area contributed by atoms with E-state index in [2.05, 4.69) is 15.5 Å². The molecule has 0 radical (unpaired) electrons. The van der Waals surface area contributed by atoms with Crippen molar-refractivity contribution in [3.05, 3.63) is 47.8 Å². The summed E-state index contributed by atoms with van der Waals surface area (Å²) >= 11 is 0. The van der Waals surface area contributed by atoms with Crippen molar-refractivity contribution in [3.8, 4) is 0 Å². The maximum absolute atomic E-state index is 11.8. The smallest absolute Gasteiger partial charge is 0.253 e. The third-order valence-corrected chi connectivity index (χ3v) is 2.91. The molecule has 2 rings (SSSR count). The number of H-pyrrole nitrogens is 1. The molecule has 2 N–H and O–H groups in total. The number of anilines is 1. The first-order valence-electron chi connectivity index (χ1n) is 6.15. The maximum Gasteiger partial charge on any atom is 0.253 e. The van der Waals surface area contributed by atoms with E-state index in [0.29, 0.717) is 5.56 Å². The Labute approximate surface area is 112 Å². The number of aromatic amines is 1. The van der Waals surface area contributed by atoms with Crippen molar-refractivity contribution in [2.75, 3.05) is 19.4 Å². The zero-order valence-corrected chi connectivity index (χ0v) is 11.3. The van der Waals surface area contributed by atoms with Gasteiger partial charge in [0.15, 0.2) is 0 Å². The molecule has 0 saturated heterocycles. The van der Waals surface area contributed by atoms with Crippen LogP contribution in [0.3, 0.4) is 0 Å². The highest BCUT2D eigenvalue weighted by Crippen LogP contribution is 2.18. The van der Waals surface area contributed by atoms with Gasteiger partial charge in [-0.25, -0.2) is 0 Å². The Hall–Kier alpha value is -2.30. The second kappa shape index (κ2) is 5.56. The monoisotopic (exact) mass is 258 g/mol. The van der Waals surface area contributed by atoms with E-state index in [1.165, 1.54) is 0 Å². The summed E-state index contributed by atoms with van der Waals surface area (Å²) in [5.74, 6) is 0.00756. The minimum atomic E-state index is 0.00756. The van der Waals surface area contributed by atoms with Crippen LogP contribution in [0.4, 0.5) is 5.69 Å². The molecule has 2 aromatic rings. The van der Waals surface area contributed by atoms with Crippen molar-refractivity contribution < 1.29 is 4.79 Å². The van der Waals surface area contributed by atoms with Gasteiger partial charge in [0, 0.05) is 31.5 Å². The SMILES string of the molecule is CC(Nc1ccc(C(=O)N(C)C)cc1)c1ccn[nH]1. The third-order valence-electron chi connectivity index (χ3n) is 2.91. The number of hydrogen-bond donors (Lipinski definition) is 2. The highest BCUT2D eigenvalue weighted by Gasteiger charge is 2.09. The highest BCUT2D eigenvalue weighted by molar-refractivity contribution is 5.94. The van der Waals surface area contributed by atoms with Crippen molar-refractivity contribution in [1.29, 1.82) is 0 Å². The first-order chi connectivity index (χ1) is 9.08. The number of nitrogens with one attached hydrogen (secondary N) is 2. The summed E-state index contributed by atoms with van der Waals surface area (Å²) in [6.45, 7) is 2.05. The van der Waals surface area contributed by atoms with Crippen LogP contribution in [0, 0.1) is 0 Å². The van der Waals surface area contributed by atoms with Crippen LogP contribution in [0.15, 0.2) is 36.5 Å². The minimum absolute atomic E-state index is 0.00756. The molecule has 19 heavy (non-hydrogen) atoms. The lowest BCUT2D eigenvalue weighted by atomic mass is 10.1. The van der Waals surface area contributed by atoms with Crippen LogP contribution in [0.25, 0.3) is 0 Å². The number of nitrogens with zero attached hydrogens (tertiary/aromatic N) is 2. The predicted molar refractivity (Wildman–Crippen MR) is 75.1 cm³/mol. The summed E-state index contributed by atoms with van der Waals surface area (Å²) in [6.07, 6.45) is 1.73. The van der Waals surface area contributed by atoms with Crippen LogP contribution in [0.1, 0.15) is 29.0 Å². The molecule has 0 aliphatic rings. The average Bonchev–Trinajstić information content (AvgIpc) is 2.92. The Kier molecular flexibility index (Phi) is 3.85. The van der Waals surface area contributed by atoms with E-state index in [9.17, 15) is 4.79 Å². The number of rotatable bonds is 4. The van der Waals surface area contributed by atoms with Crippen molar-refractivity contribution in [2.45, 2.75) is 13.0 Å². The summed E-state index contributed by atoms with van der Waals surface area (Å²) in [5.41, 5.74) is 2.68. The molecule has 1 heterocycles. The van der Waals surface area contributed by atoms with Gasteiger partial charge in [0.2, 0.25) is 0 Å². The molecule has 100 valence electrons. The maximum atomic E-state index is 11.8. The van der Waals surface area contributed by atoms with E-state index < -0.39 is 0 Å². The summed E-state index contributed by atoms with van der Waals surface area (Å²) in [7, 11) is 3.49. The largest absolute Gasteiger partial charge is 0.377 e. The van der Waals surface area contributed by atoms with Crippen LogP contribution in [-0.2, 0) is 0 Å². The number of carbonyl (C=O) groups is 1. The normalized spacial score (nSPS) is 11.9. The lowest BCUT2D eigenvalue weighted by molar-refractivity contribution is 0.0827. The molecule has 0 aliphatic carbocycles. The molecule has 0 saturated carbocycles. The van der Waals surface area contributed by atoms with Crippen LogP contribution in [0.5, 0.6) is 0 Å². The zero-order valence-electron chi connectivity index (χ0n) is 11.3. The molecule has 0 bridgehead atoms. The molecule has 5 heteroatoms. The lowest BCUT2D eigenvalue weighted by Gasteiger charge is -2.14. The molecule has 1 amide bonds. The molecular weight excluding hydrogens is 240 g/mol. The fraction of sp³-hybridized carbons (Fsp3) is 0.286. The van der Waals surface area contributed by atoms with Gasteiger partial charge in [-0.3, -0.25) is 9.89 Å². The third kappa shape index (κ3) is 3.13. The fourth-order valence-corrected chi connectivity index (χ4v) is 1.80. The summed E-state index contributed by atoms with van der Waals surface area (Å²) in [6, 6.07) is 9.53. The van der Waals surface area contributed by atoms with E-state index in [-0.39, 0.29) is 11.9 Å². The standard InChI is InChI=1S/C14H18N4O/c1-10(13-8-9-15-17-13)16-12-6-4-11(5-7-12)14(19)18(2)3/h4-10,16H,1-3H3,(H,15,17). The van der Waals surface area contributed by atoms with Gasteiger partial charge in [0.25, 0.3) is 5.91 Å². The highest BCUT2D eigenvalue weighted by atomic mass is 16.2. The Bertz CT molecular complexity index is 531. The quantitative estimate of drug-likeness (QED) is 0.884. The average molecular weight is 258 g/mol. The molecule has 1 aromatic heterocycles. The van der Waals surface area contributed by atoms with Gasteiger partial charge in [-0.1, -0.05) is 0 Å². The lowest BCUT2D eigenvalue weighted by Crippen LogP contribution is -2.21. The number of amides is 1. The van der Waals surface area contributed by atoms with Crippen LogP contribution in [0.2, 0.25) is 0 Å². The van der Waals surface area contributed by atoms with Crippen molar-refractivity contribution in [3.63, 3.8) is 0 Å². The van der Waals surface area contributed by atoms with E-state index in [0.717, 1.165) is 11.4 Å². The van der Waals surface area contributed by atoms with E-state index in [4.69, 9.17) is 0 Å². The van der Waals surface area contributed by atoms with Gasteiger partial charge in [-0.15, -0.1) is 0 Å². The molecular formula is C14H18N4O. The molecule has 1 atom stereocenters. The Balaban J connectivity index is 2.05. The van der Waals surface area contributed by atoms with Crippen LogP contribution >= 0.6 is 0 Å². The molecule has 1 unspecified atom stereocenters. The van der Waals surface area contributed by atoms with Crippen LogP contribution in [-0.4, -0.2) is 35.1 Å². The fourth-order valence-electron chi connectivity index (χ4n) is 1.80. The van der Waals surface area contributed by atoms with E-state index in [1.807, 2.05) is 37.3 Å². The Morgan fingerprint density at radius 1 is 1.26 bits per heavy atom. The van der Waals surface area contributed by atoms with Gasteiger partial charge >= 0.3 is 0 Å².